The number of fused-ring (bicyclic) bond motifs is 1. The van der Waals surface area contributed by atoms with E-state index in [0.29, 0.717) is 41.5 Å². The van der Waals surface area contributed by atoms with Crippen LogP contribution in [0.5, 0.6) is 5.75 Å². The number of ether oxygens (including phenoxy) is 3. The number of nitrogens with two attached hydrogens (primary N) is 1. The highest BCUT2D eigenvalue weighted by Crippen LogP contribution is 2.23. The molecule has 0 saturated heterocycles. The van der Waals surface area contributed by atoms with Crippen LogP contribution in [0.1, 0.15) is 43.6 Å². The van der Waals surface area contributed by atoms with Crippen molar-refractivity contribution in [2.45, 2.75) is 45.9 Å². The standard InChI is InChI=1S/C25H33N5O5/c1-16(14-34-15-17-10-11-21(33-6)19(26)12-17)28-23(31)18-13-27-30-20(18)8-7-9-22(30)29(5)24(32)35-25(2,3)4/h7-13,16H,14-15,26H2,1-6H3,(H,28,31)/t16-/m1/s1. The van der Waals surface area contributed by atoms with Crippen molar-refractivity contribution in [3.63, 3.8) is 0 Å². The molecule has 1 aromatic carbocycles. The number of nitrogen functional groups attached to an aromatic ring is 1. The average Bonchev–Trinajstić information content (AvgIpc) is 3.22. The van der Waals surface area contributed by atoms with Crippen molar-refractivity contribution in [2.24, 2.45) is 0 Å². The summed E-state index contributed by atoms with van der Waals surface area (Å²) < 4.78 is 17.9. The van der Waals surface area contributed by atoms with Crippen LogP contribution in [0.15, 0.2) is 42.6 Å². The Bertz CT molecular complexity index is 1200. The number of nitrogens with zero attached hydrogens (tertiary/aromatic N) is 3. The maximum atomic E-state index is 12.9. The third kappa shape index (κ3) is 6.42. The van der Waals surface area contributed by atoms with Crippen molar-refractivity contribution in [2.75, 3.05) is 31.4 Å². The second-order valence-electron chi connectivity index (χ2n) is 9.24. The normalized spacial score (nSPS) is 12.3. The molecule has 0 saturated carbocycles. The number of hydrogen-bond acceptors (Lipinski definition) is 7. The van der Waals surface area contributed by atoms with E-state index in [0.717, 1.165) is 5.56 Å². The molecule has 3 N–H and O–H groups in total. The first-order chi connectivity index (χ1) is 16.5. The van der Waals surface area contributed by atoms with Crippen molar-refractivity contribution in [1.82, 2.24) is 14.9 Å². The van der Waals surface area contributed by atoms with Gasteiger partial charge in [-0.1, -0.05) is 12.1 Å². The molecule has 0 aliphatic heterocycles. The summed E-state index contributed by atoms with van der Waals surface area (Å²) in [6, 6.07) is 10.5. The fourth-order valence-electron chi connectivity index (χ4n) is 3.42. The molecule has 0 bridgehead atoms. The Labute approximate surface area is 204 Å². The fourth-order valence-corrected chi connectivity index (χ4v) is 3.42. The number of hydrogen-bond donors (Lipinski definition) is 2. The summed E-state index contributed by atoms with van der Waals surface area (Å²) >= 11 is 0. The van der Waals surface area contributed by atoms with Gasteiger partial charge in [0, 0.05) is 13.1 Å². The maximum Gasteiger partial charge on any atom is 0.415 e. The molecule has 0 aliphatic carbocycles. The van der Waals surface area contributed by atoms with Crippen LogP contribution in [0.25, 0.3) is 5.52 Å². The van der Waals surface area contributed by atoms with E-state index in [4.69, 9.17) is 19.9 Å². The Hall–Kier alpha value is -3.79. The molecule has 35 heavy (non-hydrogen) atoms. The van der Waals surface area contributed by atoms with Gasteiger partial charge >= 0.3 is 6.09 Å². The molecule has 0 fully saturated rings. The minimum Gasteiger partial charge on any atom is -0.495 e. The Morgan fingerprint density at radius 3 is 2.63 bits per heavy atom. The van der Waals surface area contributed by atoms with Crippen LogP contribution in [0, 0.1) is 0 Å². The van der Waals surface area contributed by atoms with E-state index in [9.17, 15) is 9.59 Å². The Kier molecular flexibility index (Phi) is 7.85. The fraction of sp³-hybridized carbons (Fsp3) is 0.400. The average molecular weight is 484 g/mol. The number of carbonyl (C=O) groups is 2. The van der Waals surface area contributed by atoms with E-state index in [-0.39, 0.29) is 11.9 Å². The van der Waals surface area contributed by atoms with E-state index in [2.05, 4.69) is 10.4 Å². The molecule has 10 nitrogen and oxygen atoms in total. The van der Waals surface area contributed by atoms with E-state index < -0.39 is 11.7 Å². The molecule has 0 radical (unpaired) electrons. The minimum absolute atomic E-state index is 0.249. The number of rotatable bonds is 8. The third-order valence-corrected chi connectivity index (χ3v) is 5.09. The van der Waals surface area contributed by atoms with Gasteiger partial charge in [0.15, 0.2) is 0 Å². The van der Waals surface area contributed by atoms with Gasteiger partial charge in [-0.3, -0.25) is 9.69 Å². The molecule has 3 rings (SSSR count). The van der Waals surface area contributed by atoms with Crippen LogP contribution >= 0.6 is 0 Å². The van der Waals surface area contributed by atoms with Crippen molar-refractivity contribution in [3.8, 4) is 5.75 Å². The molecule has 1 atom stereocenters. The monoisotopic (exact) mass is 483 g/mol. The van der Waals surface area contributed by atoms with Crippen molar-refractivity contribution >= 4 is 29.0 Å². The molecule has 0 unspecified atom stereocenters. The summed E-state index contributed by atoms with van der Waals surface area (Å²) in [6.45, 7) is 7.91. The second kappa shape index (κ2) is 10.6. The van der Waals surface area contributed by atoms with Gasteiger partial charge in [-0.25, -0.2) is 9.31 Å². The molecule has 2 heterocycles. The number of methoxy groups -OCH3 is 1. The predicted octanol–water partition coefficient (Wildman–Crippen LogP) is 3.63. The van der Waals surface area contributed by atoms with Crippen molar-refractivity contribution < 1.29 is 23.8 Å². The van der Waals surface area contributed by atoms with Gasteiger partial charge in [-0.15, -0.1) is 0 Å². The topological polar surface area (TPSA) is 120 Å². The first-order valence-corrected chi connectivity index (χ1v) is 11.2. The SMILES string of the molecule is COc1ccc(COC[C@@H](C)NC(=O)c2cnn3c(N(C)C(=O)OC(C)(C)C)cccc23)cc1N. The summed E-state index contributed by atoms with van der Waals surface area (Å²) in [5, 5.41) is 7.25. The highest BCUT2D eigenvalue weighted by molar-refractivity contribution is 6.01. The number of aromatic nitrogens is 2. The lowest BCUT2D eigenvalue weighted by Crippen LogP contribution is -2.36. The molecule has 0 spiro atoms. The van der Waals surface area contributed by atoms with Crippen LogP contribution in [0.3, 0.4) is 0 Å². The van der Waals surface area contributed by atoms with E-state index in [1.807, 2.05) is 13.0 Å². The Morgan fingerprint density at radius 1 is 1.23 bits per heavy atom. The zero-order valence-electron chi connectivity index (χ0n) is 21.0. The first kappa shape index (κ1) is 25.8. The predicted molar refractivity (Wildman–Crippen MR) is 134 cm³/mol. The van der Waals surface area contributed by atoms with Crippen LogP contribution in [-0.2, 0) is 16.1 Å². The molecular formula is C25H33N5O5. The number of anilines is 2. The summed E-state index contributed by atoms with van der Waals surface area (Å²) in [5.41, 5.74) is 7.70. The zero-order chi connectivity index (χ0) is 25.8. The smallest absolute Gasteiger partial charge is 0.415 e. The highest BCUT2D eigenvalue weighted by atomic mass is 16.6. The van der Waals surface area contributed by atoms with Gasteiger partial charge in [-0.2, -0.15) is 5.10 Å². The summed E-state index contributed by atoms with van der Waals surface area (Å²) in [5.74, 6) is 0.802. The Morgan fingerprint density at radius 2 is 1.97 bits per heavy atom. The van der Waals surface area contributed by atoms with Crippen LogP contribution in [0.2, 0.25) is 0 Å². The summed E-state index contributed by atoms with van der Waals surface area (Å²) in [6.07, 6.45) is 0.959. The van der Waals surface area contributed by atoms with Crippen LogP contribution < -0.4 is 20.7 Å². The molecule has 2 aromatic heterocycles. The van der Waals surface area contributed by atoms with Gasteiger partial charge in [0.1, 0.15) is 17.2 Å². The van der Waals surface area contributed by atoms with E-state index in [1.165, 1.54) is 15.6 Å². The minimum atomic E-state index is -0.632. The second-order valence-corrected chi connectivity index (χ2v) is 9.24. The molecule has 3 aromatic rings. The molecule has 10 heteroatoms. The van der Waals surface area contributed by atoms with Gasteiger partial charge < -0.3 is 25.3 Å². The maximum absolute atomic E-state index is 12.9. The van der Waals surface area contributed by atoms with Gasteiger partial charge in [0.2, 0.25) is 0 Å². The largest absolute Gasteiger partial charge is 0.495 e. The third-order valence-electron chi connectivity index (χ3n) is 5.09. The van der Waals surface area contributed by atoms with Gasteiger partial charge in [-0.05, 0) is 57.5 Å². The van der Waals surface area contributed by atoms with E-state index in [1.54, 1.807) is 65.3 Å². The highest BCUT2D eigenvalue weighted by Gasteiger charge is 2.23. The van der Waals surface area contributed by atoms with E-state index >= 15 is 0 Å². The van der Waals surface area contributed by atoms with Gasteiger partial charge in [0.25, 0.3) is 5.91 Å². The molecule has 0 aliphatic rings. The number of nitrogens with one attached hydrogen (secondary N) is 1. The molecule has 188 valence electrons. The van der Waals surface area contributed by atoms with Gasteiger partial charge in [0.05, 0.1) is 43.3 Å². The number of amides is 2. The van der Waals surface area contributed by atoms with Crippen molar-refractivity contribution in [3.05, 3.63) is 53.7 Å². The zero-order valence-corrected chi connectivity index (χ0v) is 21.0. The molecule has 2 amide bonds. The lowest BCUT2D eigenvalue weighted by atomic mass is 10.2. The first-order valence-electron chi connectivity index (χ1n) is 11.2. The lowest BCUT2D eigenvalue weighted by Gasteiger charge is -2.24. The lowest BCUT2D eigenvalue weighted by molar-refractivity contribution is 0.0587. The number of carbonyl (C=O) groups excluding carboxylic acids is 2. The summed E-state index contributed by atoms with van der Waals surface area (Å²) in [4.78, 5) is 26.8. The quantitative estimate of drug-likeness (QED) is 0.469. The van der Waals surface area contributed by atoms with Crippen molar-refractivity contribution in [1.29, 1.82) is 0 Å². The number of benzene rings is 1. The summed E-state index contributed by atoms with van der Waals surface area (Å²) in [7, 11) is 3.16. The van der Waals surface area contributed by atoms with Crippen LogP contribution in [-0.4, -0.2) is 54.0 Å². The Balaban J connectivity index is 1.63. The van der Waals surface area contributed by atoms with Crippen LogP contribution in [0.4, 0.5) is 16.3 Å². The molecular weight excluding hydrogens is 450 g/mol. The number of pyridine rings is 1.